The van der Waals surface area contributed by atoms with E-state index in [0.717, 1.165) is 78.4 Å². The Kier molecular flexibility index (Phi) is 6.35. The van der Waals surface area contributed by atoms with Gasteiger partial charge in [0.1, 0.15) is 22.7 Å². The number of thiophene rings is 1. The minimum absolute atomic E-state index is 0.0334. The number of aromatic nitrogens is 2. The summed E-state index contributed by atoms with van der Waals surface area (Å²) in [4.78, 5) is 30.2. The number of benzene rings is 1. The Morgan fingerprint density at radius 3 is 2.92 bits per heavy atom. The quantitative estimate of drug-likeness (QED) is 0.535. The van der Waals surface area contributed by atoms with Crippen molar-refractivity contribution in [3.05, 3.63) is 40.0 Å². The van der Waals surface area contributed by atoms with Crippen molar-refractivity contribution in [3.8, 4) is 5.75 Å². The van der Waals surface area contributed by atoms with Crippen LogP contribution in [0, 0.1) is 11.8 Å². The summed E-state index contributed by atoms with van der Waals surface area (Å²) in [5.74, 6) is 2.36. The van der Waals surface area contributed by atoms with E-state index >= 15 is 0 Å². The van der Waals surface area contributed by atoms with E-state index in [-0.39, 0.29) is 11.8 Å². The van der Waals surface area contributed by atoms with E-state index in [9.17, 15) is 4.79 Å². The van der Waals surface area contributed by atoms with Gasteiger partial charge in [-0.05, 0) is 66.8 Å². The number of hydrogen-bond donors (Lipinski definition) is 1. The lowest BCUT2D eigenvalue weighted by Gasteiger charge is -2.24. The molecule has 2 aromatic heterocycles. The van der Waals surface area contributed by atoms with Crippen LogP contribution in [0.4, 0.5) is 11.5 Å². The Bertz CT molecular complexity index is 1330. The van der Waals surface area contributed by atoms with Crippen molar-refractivity contribution >= 4 is 45.2 Å². The van der Waals surface area contributed by atoms with Crippen molar-refractivity contribution in [3.63, 3.8) is 0 Å². The second kappa shape index (κ2) is 9.78. The molecule has 1 aliphatic carbocycles. The van der Waals surface area contributed by atoms with Gasteiger partial charge in [0, 0.05) is 44.3 Å². The first kappa shape index (κ1) is 23.4. The second-order valence-corrected chi connectivity index (χ2v) is 11.2. The lowest BCUT2D eigenvalue weighted by Crippen LogP contribution is -2.32. The number of anilines is 2. The van der Waals surface area contributed by atoms with Crippen LogP contribution in [-0.2, 0) is 28.9 Å². The van der Waals surface area contributed by atoms with Gasteiger partial charge in [0.25, 0.3) is 0 Å². The molecule has 2 aliphatic heterocycles. The minimum atomic E-state index is 0.0334. The van der Waals surface area contributed by atoms with Gasteiger partial charge < -0.3 is 19.7 Å². The standard InChI is InChI=1S/C27H31N5O3S/c1-32(2)27(33)17-3-4-20-23(11-17)36-26-24(20)25(29-15-30-26)31-21-9-18-12-28-13-19(18)10-22(21)35-14-16-5-7-34-8-6-16/h9-10,12,15-17H,3-8,11,13-14H2,1-2H3,(H,29,30,31)/t17-/m0/s1. The topological polar surface area (TPSA) is 88.9 Å². The zero-order valence-electron chi connectivity index (χ0n) is 20.7. The number of rotatable bonds is 6. The summed E-state index contributed by atoms with van der Waals surface area (Å²) in [5.41, 5.74) is 4.46. The fraction of sp³-hybridized carbons (Fsp3) is 0.481. The van der Waals surface area contributed by atoms with Gasteiger partial charge in [0.05, 0.1) is 24.2 Å². The maximum Gasteiger partial charge on any atom is 0.225 e. The summed E-state index contributed by atoms with van der Waals surface area (Å²) >= 11 is 1.68. The number of hydrogen-bond acceptors (Lipinski definition) is 8. The lowest BCUT2D eigenvalue weighted by atomic mass is 9.87. The minimum Gasteiger partial charge on any atom is -0.491 e. The molecule has 6 rings (SSSR count). The van der Waals surface area contributed by atoms with Crippen LogP contribution in [0.2, 0.25) is 0 Å². The van der Waals surface area contributed by atoms with Crippen LogP contribution in [0.1, 0.15) is 40.8 Å². The molecule has 188 valence electrons. The summed E-state index contributed by atoms with van der Waals surface area (Å²) in [5, 5.41) is 4.66. The summed E-state index contributed by atoms with van der Waals surface area (Å²) < 4.78 is 11.9. The first-order valence-electron chi connectivity index (χ1n) is 12.7. The average molecular weight is 506 g/mol. The largest absolute Gasteiger partial charge is 0.491 e. The van der Waals surface area contributed by atoms with Gasteiger partial charge in [-0.1, -0.05) is 0 Å². The molecular weight excluding hydrogens is 474 g/mol. The fourth-order valence-electron chi connectivity index (χ4n) is 5.38. The molecule has 4 heterocycles. The van der Waals surface area contributed by atoms with Crippen LogP contribution in [-0.4, -0.2) is 60.9 Å². The Labute approximate surface area is 214 Å². The maximum absolute atomic E-state index is 12.6. The summed E-state index contributed by atoms with van der Waals surface area (Å²) in [6, 6.07) is 4.23. The normalized spacial score (nSPS) is 19.2. The first-order chi connectivity index (χ1) is 17.6. The molecule has 0 bridgehead atoms. The monoisotopic (exact) mass is 505 g/mol. The van der Waals surface area contributed by atoms with Gasteiger partial charge in [-0.15, -0.1) is 11.3 Å². The molecule has 3 aromatic rings. The van der Waals surface area contributed by atoms with Gasteiger partial charge in [-0.25, -0.2) is 9.97 Å². The summed E-state index contributed by atoms with van der Waals surface area (Å²) in [6.45, 7) is 2.97. The van der Waals surface area contributed by atoms with Crippen molar-refractivity contribution < 1.29 is 14.3 Å². The molecule has 3 aliphatic rings. The van der Waals surface area contributed by atoms with E-state index in [2.05, 4.69) is 32.4 Å². The van der Waals surface area contributed by atoms with E-state index in [1.165, 1.54) is 16.0 Å². The van der Waals surface area contributed by atoms with Crippen LogP contribution in [0.25, 0.3) is 10.2 Å². The Morgan fingerprint density at radius 1 is 1.22 bits per heavy atom. The van der Waals surface area contributed by atoms with Crippen molar-refractivity contribution in [2.45, 2.75) is 38.6 Å². The van der Waals surface area contributed by atoms with Crippen molar-refractivity contribution in [1.29, 1.82) is 0 Å². The number of nitrogens with one attached hydrogen (secondary N) is 1. The molecule has 0 unspecified atom stereocenters. The zero-order chi connectivity index (χ0) is 24.6. The van der Waals surface area contributed by atoms with E-state index in [1.54, 1.807) is 22.6 Å². The second-order valence-electron chi connectivity index (χ2n) is 10.1. The highest BCUT2D eigenvalue weighted by Gasteiger charge is 2.30. The molecule has 9 heteroatoms. The molecule has 8 nitrogen and oxygen atoms in total. The van der Waals surface area contributed by atoms with Gasteiger partial charge in [0.15, 0.2) is 0 Å². The SMILES string of the molecule is CN(C)C(=O)[C@H]1CCc2c(sc3ncnc(Nc4cc5c(cc4OCC4CCOCC4)CN=C5)c23)C1. The predicted molar refractivity (Wildman–Crippen MR) is 142 cm³/mol. The Balaban J connectivity index is 1.31. The van der Waals surface area contributed by atoms with Crippen molar-refractivity contribution in [2.24, 2.45) is 16.8 Å². The molecule has 0 spiro atoms. The molecule has 1 fully saturated rings. The summed E-state index contributed by atoms with van der Waals surface area (Å²) in [6.07, 6.45) is 8.06. The number of ether oxygens (including phenoxy) is 2. The number of nitrogens with zero attached hydrogens (tertiary/aromatic N) is 4. The van der Waals surface area contributed by atoms with Gasteiger partial charge in [-0.2, -0.15) is 0 Å². The molecule has 1 amide bonds. The molecule has 0 radical (unpaired) electrons. The molecule has 1 atom stereocenters. The van der Waals surface area contributed by atoms with Crippen molar-refractivity contribution in [2.75, 3.05) is 39.2 Å². The fourth-order valence-corrected chi connectivity index (χ4v) is 6.65. The van der Waals surface area contributed by atoms with Crippen LogP contribution < -0.4 is 10.1 Å². The predicted octanol–water partition coefficient (Wildman–Crippen LogP) is 4.37. The third-order valence-electron chi connectivity index (χ3n) is 7.44. The smallest absolute Gasteiger partial charge is 0.225 e. The highest BCUT2D eigenvalue weighted by Crippen LogP contribution is 2.42. The lowest BCUT2D eigenvalue weighted by molar-refractivity contribution is -0.133. The molecular formula is C27H31N5O3S. The molecule has 0 saturated carbocycles. The van der Waals surface area contributed by atoms with E-state index in [1.807, 2.05) is 20.3 Å². The van der Waals surface area contributed by atoms with Gasteiger partial charge >= 0.3 is 0 Å². The third-order valence-corrected chi connectivity index (χ3v) is 8.60. The molecule has 1 N–H and O–H groups in total. The first-order valence-corrected chi connectivity index (χ1v) is 13.5. The number of aliphatic imine (C=N–C) groups is 1. The highest BCUT2D eigenvalue weighted by atomic mass is 32.1. The number of aryl methyl sites for hydroxylation is 1. The molecule has 1 saturated heterocycles. The van der Waals surface area contributed by atoms with E-state index < -0.39 is 0 Å². The van der Waals surface area contributed by atoms with Crippen molar-refractivity contribution in [1.82, 2.24) is 14.9 Å². The zero-order valence-corrected chi connectivity index (χ0v) is 21.6. The maximum atomic E-state index is 12.6. The number of carbonyl (C=O) groups is 1. The van der Waals surface area contributed by atoms with E-state index in [4.69, 9.17) is 9.47 Å². The van der Waals surface area contributed by atoms with Crippen LogP contribution >= 0.6 is 11.3 Å². The summed E-state index contributed by atoms with van der Waals surface area (Å²) in [7, 11) is 3.67. The van der Waals surface area contributed by atoms with Gasteiger partial charge in [0.2, 0.25) is 5.91 Å². The van der Waals surface area contributed by atoms with Crippen LogP contribution in [0.15, 0.2) is 23.5 Å². The number of fused-ring (bicyclic) bond motifs is 4. The van der Waals surface area contributed by atoms with Crippen LogP contribution in [0.5, 0.6) is 5.75 Å². The van der Waals surface area contributed by atoms with Crippen LogP contribution in [0.3, 0.4) is 0 Å². The number of carbonyl (C=O) groups excluding carboxylic acids is 1. The highest BCUT2D eigenvalue weighted by molar-refractivity contribution is 7.19. The average Bonchev–Trinajstić information content (AvgIpc) is 3.51. The Morgan fingerprint density at radius 2 is 2.08 bits per heavy atom. The Hall–Kier alpha value is -3.04. The van der Waals surface area contributed by atoms with Gasteiger partial charge in [-0.3, -0.25) is 9.79 Å². The van der Waals surface area contributed by atoms with E-state index in [0.29, 0.717) is 19.1 Å². The number of amides is 1. The molecule has 1 aromatic carbocycles. The third kappa shape index (κ3) is 4.46. The molecule has 36 heavy (non-hydrogen) atoms.